The van der Waals surface area contributed by atoms with Crippen molar-refractivity contribution in [2.24, 2.45) is 13.0 Å². The van der Waals surface area contributed by atoms with Gasteiger partial charge in [0.2, 0.25) is 0 Å². The Morgan fingerprint density at radius 3 is 2.94 bits per heavy atom. The van der Waals surface area contributed by atoms with Gasteiger partial charge < -0.3 is 14.2 Å². The maximum Gasteiger partial charge on any atom is 0.191 e. The summed E-state index contributed by atoms with van der Waals surface area (Å²) in [5.74, 6) is 3.27. The van der Waals surface area contributed by atoms with E-state index < -0.39 is 0 Å². The van der Waals surface area contributed by atoms with Gasteiger partial charge in [-0.1, -0.05) is 17.8 Å². The largest absolute Gasteiger partial charge is 0.496 e. The average molecular weight is 464 g/mol. The molecule has 1 aromatic carbocycles. The summed E-state index contributed by atoms with van der Waals surface area (Å²) in [6.45, 7) is 4.90. The smallest absolute Gasteiger partial charge is 0.191 e. The molecule has 1 saturated heterocycles. The van der Waals surface area contributed by atoms with Gasteiger partial charge in [-0.05, 0) is 62.1 Å². The first-order valence-electron chi connectivity index (χ1n) is 11.4. The number of aromatic nitrogens is 4. The SMILES string of the molecule is COc1ccc([C@@]23C[C@@H]2CN(CCCSc2nnc(-c4cccnc4)n2C)C3)cc1C(C)=O. The molecule has 33 heavy (non-hydrogen) atoms. The van der Waals surface area contributed by atoms with Crippen molar-refractivity contribution in [1.29, 1.82) is 0 Å². The standard InChI is InChI=1S/C25H29N5O2S/c1-17(31)21-12-19(7-8-22(21)32-3)25-13-20(25)15-30(16-25)10-5-11-33-24-28-27-23(29(24)2)18-6-4-9-26-14-18/h4,6-9,12,14,20H,5,10-11,13,15-16H2,1-3H3/t20-,25+/m1/s1. The lowest BCUT2D eigenvalue weighted by molar-refractivity contribution is 0.101. The first kappa shape index (κ1) is 22.1. The van der Waals surface area contributed by atoms with Crippen LogP contribution in [0.3, 0.4) is 0 Å². The Hall–Kier alpha value is -2.71. The van der Waals surface area contributed by atoms with Crippen LogP contribution in [0.4, 0.5) is 0 Å². The highest BCUT2D eigenvalue weighted by molar-refractivity contribution is 7.99. The van der Waals surface area contributed by atoms with Crippen molar-refractivity contribution in [3.05, 3.63) is 53.9 Å². The van der Waals surface area contributed by atoms with Crippen molar-refractivity contribution in [2.75, 3.05) is 32.5 Å². The summed E-state index contributed by atoms with van der Waals surface area (Å²) < 4.78 is 7.42. The molecule has 2 aliphatic rings. The van der Waals surface area contributed by atoms with Crippen LogP contribution in [0.1, 0.15) is 35.7 Å². The van der Waals surface area contributed by atoms with E-state index >= 15 is 0 Å². The second kappa shape index (κ2) is 8.91. The van der Waals surface area contributed by atoms with Crippen molar-refractivity contribution in [3.63, 3.8) is 0 Å². The van der Waals surface area contributed by atoms with Crippen LogP contribution in [0.15, 0.2) is 47.9 Å². The van der Waals surface area contributed by atoms with E-state index in [0.29, 0.717) is 17.2 Å². The molecule has 0 N–H and O–H groups in total. The van der Waals surface area contributed by atoms with E-state index in [1.807, 2.05) is 36.0 Å². The summed E-state index contributed by atoms with van der Waals surface area (Å²) in [5, 5.41) is 9.64. The maximum absolute atomic E-state index is 12.1. The highest BCUT2D eigenvalue weighted by atomic mass is 32.2. The molecule has 0 unspecified atom stereocenters. The molecule has 3 heterocycles. The van der Waals surface area contributed by atoms with Crippen molar-refractivity contribution < 1.29 is 9.53 Å². The van der Waals surface area contributed by atoms with Crippen LogP contribution in [0, 0.1) is 5.92 Å². The van der Waals surface area contributed by atoms with Gasteiger partial charge in [0.1, 0.15) is 5.75 Å². The highest BCUT2D eigenvalue weighted by Gasteiger charge is 2.60. The highest BCUT2D eigenvalue weighted by Crippen LogP contribution is 2.59. The van der Waals surface area contributed by atoms with E-state index in [1.54, 1.807) is 32.0 Å². The Morgan fingerprint density at radius 1 is 1.30 bits per heavy atom. The Labute approximate surface area is 198 Å². The maximum atomic E-state index is 12.1. The van der Waals surface area contributed by atoms with Gasteiger partial charge >= 0.3 is 0 Å². The molecule has 5 rings (SSSR count). The van der Waals surface area contributed by atoms with Gasteiger partial charge in [0.05, 0.1) is 12.7 Å². The third-order valence-electron chi connectivity index (χ3n) is 6.97. The van der Waals surface area contributed by atoms with Gasteiger partial charge in [-0.25, -0.2) is 0 Å². The number of rotatable bonds is 9. The van der Waals surface area contributed by atoms with Crippen molar-refractivity contribution in [1.82, 2.24) is 24.6 Å². The number of hydrogen-bond acceptors (Lipinski definition) is 7. The minimum atomic E-state index is 0.0598. The topological polar surface area (TPSA) is 73.1 Å². The third kappa shape index (κ3) is 4.17. The Balaban J connectivity index is 1.15. The number of ether oxygens (including phenoxy) is 1. The number of Topliss-reactive ketones (excluding diaryl/α,β-unsaturated/α-hetero) is 1. The molecule has 1 aliphatic carbocycles. The lowest BCUT2D eigenvalue weighted by Gasteiger charge is -2.21. The van der Waals surface area contributed by atoms with E-state index in [2.05, 4.69) is 32.2 Å². The quantitative estimate of drug-likeness (QED) is 0.271. The molecule has 1 saturated carbocycles. The first-order valence-corrected chi connectivity index (χ1v) is 12.3. The zero-order valence-electron chi connectivity index (χ0n) is 19.3. The predicted octanol–water partition coefficient (Wildman–Crippen LogP) is 3.84. The molecule has 0 radical (unpaired) electrons. The van der Waals surface area contributed by atoms with Crippen LogP contribution in [0.5, 0.6) is 5.75 Å². The minimum Gasteiger partial charge on any atom is -0.496 e. The number of hydrogen-bond donors (Lipinski definition) is 0. The van der Waals surface area contributed by atoms with Crippen LogP contribution < -0.4 is 4.74 Å². The normalized spacial score (nSPS) is 21.7. The summed E-state index contributed by atoms with van der Waals surface area (Å²) in [7, 11) is 3.63. The predicted molar refractivity (Wildman–Crippen MR) is 129 cm³/mol. The molecule has 1 aliphatic heterocycles. The molecular formula is C25H29N5O2S. The number of carbonyl (C=O) groups is 1. The van der Waals surface area contributed by atoms with Gasteiger partial charge in [0.25, 0.3) is 0 Å². The third-order valence-corrected chi connectivity index (χ3v) is 8.08. The summed E-state index contributed by atoms with van der Waals surface area (Å²) in [5.41, 5.74) is 3.18. The van der Waals surface area contributed by atoms with Crippen LogP contribution in [-0.2, 0) is 12.5 Å². The van der Waals surface area contributed by atoms with E-state index in [9.17, 15) is 4.79 Å². The summed E-state index contributed by atoms with van der Waals surface area (Å²) >= 11 is 1.75. The second-order valence-corrected chi connectivity index (χ2v) is 10.1. The van der Waals surface area contributed by atoms with E-state index in [-0.39, 0.29) is 11.2 Å². The lowest BCUT2D eigenvalue weighted by atomic mass is 9.92. The second-order valence-electron chi connectivity index (χ2n) is 9.07. The lowest BCUT2D eigenvalue weighted by Crippen LogP contribution is -2.28. The van der Waals surface area contributed by atoms with Crippen LogP contribution >= 0.6 is 11.8 Å². The molecule has 2 atom stereocenters. The number of benzene rings is 1. The first-order chi connectivity index (χ1) is 16.0. The fraction of sp³-hybridized carbons (Fsp3) is 0.440. The fourth-order valence-corrected chi connectivity index (χ4v) is 5.97. The molecule has 2 aromatic heterocycles. The molecule has 172 valence electrons. The van der Waals surface area contributed by atoms with Crippen molar-refractivity contribution >= 4 is 17.5 Å². The van der Waals surface area contributed by atoms with Crippen LogP contribution in [0.25, 0.3) is 11.4 Å². The number of pyridine rings is 1. The molecule has 0 spiro atoms. The molecular weight excluding hydrogens is 434 g/mol. The summed E-state index contributed by atoms with van der Waals surface area (Å²) in [6.07, 6.45) is 5.90. The van der Waals surface area contributed by atoms with E-state index in [0.717, 1.165) is 48.4 Å². The van der Waals surface area contributed by atoms with E-state index in [1.165, 1.54) is 12.0 Å². The monoisotopic (exact) mass is 463 g/mol. The Kier molecular flexibility index (Phi) is 5.97. The minimum absolute atomic E-state index is 0.0598. The fourth-order valence-electron chi connectivity index (χ4n) is 5.14. The van der Waals surface area contributed by atoms with Crippen LogP contribution in [-0.4, -0.2) is 62.9 Å². The molecule has 7 nitrogen and oxygen atoms in total. The summed E-state index contributed by atoms with van der Waals surface area (Å²) in [6, 6.07) is 10.1. The number of thioether (sulfide) groups is 1. The zero-order chi connectivity index (χ0) is 23.0. The molecule has 0 amide bonds. The molecule has 2 fully saturated rings. The van der Waals surface area contributed by atoms with Gasteiger partial charge in [-0.2, -0.15) is 0 Å². The Morgan fingerprint density at radius 2 is 2.18 bits per heavy atom. The Bertz CT molecular complexity index is 1160. The number of likely N-dealkylation sites (tertiary alicyclic amines) is 1. The zero-order valence-corrected chi connectivity index (χ0v) is 20.1. The number of carbonyl (C=O) groups excluding carboxylic acids is 1. The number of methoxy groups -OCH3 is 1. The molecule has 8 heteroatoms. The van der Waals surface area contributed by atoms with Gasteiger partial charge in [-0.15, -0.1) is 10.2 Å². The van der Waals surface area contributed by atoms with Gasteiger partial charge in [-0.3, -0.25) is 9.78 Å². The van der Waals surface area contributed by atoms with Crippen LogP contribution in [0.2, 0.25) is 0 Å². The molecule has 3 aromatic rings. The number of fused-ring (bicyclic) bond motifs is 1. The number of piperidine rings is 1. The van der Waals surface area contributed by atoms with Crippen molar-refractivity contribution in [2.45, 2.75) is 30.3 Å². The number of nitrogens with zero attached hydrogens (tertiary/aromatic N) is 5. The van der Waals surface area contributed by atoms with E-state index in [4.69, 9.17) is 4.74 Å². The van der Waals surface area contributed by atoms with Gasteiger partial charge in [0, 0.05) is 49.3 Å². The average Bonchev–Trinajstić information content (AvgIpc) is 3.21. The van der Waals surface area contributed by atoms with Crippen molar-refractivity contribution in [3.8, 4) is 17.1 Å². The number of ketones is 1. The van der Waals surface area contributed by atoms with Gasteiger partial charge in [0.15, 0.2) is 16.8 Å². The molecule has 0 bridgehead atoms. The summed E-state index contributed by atoms with van der Waals surface area (Å²) in [4.78, 5) is 18.8.